The molecule has 0 aliphatic carbocycles. The number of Topliss-reactive ketones (excluding diaryl/α,β-unsaturated/α-hetero) is 1. The minimum absolute atomic E-state index is 0.0487. The van der Waals surface area contributed by atoms with Crippen LogP contribution in [0.3, 0.4) is 0 Å². The molecular weight excluding hydrogens is 515 g/mol. The van der Waals surface area contributed by atoms with E-state index in [1.807, 2.05) is 0 Å². The zero-order valence-corrected chi connectivity index (χ0v) is 20.2. The number of aromatic nitrogens is 3. The molecule has 0 bridgehead atoms. The van der Waals surface area contributed by atoms with Crippen molar-refractivity contribution in [1.29, 1.82) is 0 Å². The number of alkyl halides is 1. The predicted molar refractivity (Wildman–Crippen MR) is 122 cm³/mol. The van der Waals surface area contributed by atoms with E-state index >= 15 is 0 Å². The average Bonchev–Trinajstić information content (AvgIpc) is 3.58. The van der Waals surface area contributed by atoms with Gasteiger partial charge in [0.05, 0.1) is 28.4 Å². The average molecular weight is 536 g/mol. The molecule has 2 aliphatic rings. The molecule has 0 radical (unpaired) electrons. The van der Waals surface area contributed by atoms with Crippen LogP contribution in [0, 0.1) is 18.6 Å². The van der Waals surface area contributed by atoms with Crippen molar-refractivity contribution in [2.75, 3.05) is 18.2 Å². The van der Waals surface area contributed by atoms with Gasteiger partial charge < -0.3 is 4.74 Å². The van der Waals surface area contributed by atoms with Gasteiger partial charge in [0.2, 0.25) is 10.0 Å². The largest absolute Gasteiger partial charge is 0.489 e. The van der Waals surface area contributed by atoms with Crippen molar-refractivity contribution in [3.8, 4) is 5.75 Å². The standard InChI is InChI=1S/C23H20F3N5O5S/c1-13-20(7-5-18-21(13)22(32)23(33)31(18)30-11-15(10-24)27-28-30)37(34,35)29-8-2-3-16(29)12-36-19-6-4-14(25)9-17(19)26/h4-7,9,11,16H,2-3,8,10,12H2,1H3/t16-/m0/s1. The summed E-state index contributed by atoms with van der Waals surface area (Å²) in [5.41, 5.74) is 0.00589. The van der Waals surface area contributed by atoms with Gasteiger partial charge >= 0.3 is 5.91 Å². The van der Waals surface area contributed by atoms with Gasteiger partial charge in [0.1, 0.15) is 24.8 Å². The maximum absolute atomic E-state index is 14.0. The maximum Gasteiger partial charge on any atom is 0.319 e. The number of sulfonamides is 1. The summed E-state index contributed by atoms with van der Waals surface area (Å²) in [4.78, 5) is 26.3. The van der Waals surface area contributed by atoms with Crippen molar-refractivity contribution in [1.82, 2.24) is 19.4 Å². The third kappa shape index (κ3) is 4.15. The number of fused-ring (bicyclic) bond motifs is 1. The molecule has 0 spiro atoms. The van der Waals surface area contributed by atoms with Crippen molar-refractivity contribution < 1.29 is 35.9 Å². The molecule has 3 aromatic rings. The quantitative estimate of drug-likeness (QED) is 0.427. The fourth-order valence-electron chi connectivity index (χ4n) is 4.58. The molecule has 5 rings (SSSR count). The zero-order chi connectivity index (χ0) is 26.5. The highest BCUT2D eigenvalue weighted by atomic mass is 32.2. The van der Waals surface area contributed by atoms with Crippen LogP contribution in [0.5, 0.6) is 5.75 Å². The molecule has 3 heterocycles. The Kier molecular flexibility index (Phi) is 6.23. The van der Waals surface area contributed by atoms with Gasteiger partial charge in [0.15, 0.2) is 11.6 Å². The maximum atomic E-state index is 14.0. The lowest BCUT2D eigenvalue weighted by molar-refractivity contribution is -0.115. The first-order valence-corrected chi connectivity index (χ1v) is 12.7. The highest BCUT2D eigenvalue weighted by molar-refractivity contribution is 7.89. The van der Waals surface area contributed by atoms with Crippen LogP contribution >= 0.6 is 0 Å². The van der Waals surface area contributed by atoms with E-state index in [2.05, 4.69) is 10.3 Å². The van der Waals surface area contributed by atoms with E-state index in [1.165, 1.54) is 23.4 Å². The van der Waals surface area contributed by atoms with Gasteiger partial charge in [-0.25, -0.2) is 21.6 Å². The molecule has 194 valence electrons. The lowest BCUT2D eigenvalue weighted by Crippen LogP contribution is -2.39. The second-order valence-electron chi connectivity index (χ2n) is 8.59. The Morgan fingerprint density at radius 2 is 1.95 bits per heavy atom. The molecule has 37 heavy (non-hydrogen) atoms. The minimum Gasteiger partial charge on any atom is -0.489 e. The van der Waals surface area contributed by atoms with Gasteiger partial charge in [-0.1, -0.05) is 0 Å². The number of benzene rings is 2. The molecule has 2 aliphatic heterocycles. The summed E-state index contributed by atoms with van der Waals surface area (Å²) in [5.74, 6) is -3.79. The van der Waals surface area contributed by atoms with Crippen molar-refractivity contribution >= 4 is 27.4 Å². The van der Waals surface area contributed by atoms with E-state index in [1.54, 1.807) is 0 Å². The van der Waals surface area contributed by atoms with Crippen LogP contribution in [-0.4, -0.2) is 58.7 Å². The molecular formula is C23H20F3N5O5S. The molecule has 1 aromatic heterocycles. The fourth-order valence-corrected chi connectivity index (χ4v) is 6.49. The van der Waals surface area contributed by atoms with Gasteiger partial charge in [-0.05, 0) is 54.8 Å². The van der Waals surface area contributed by atoms with Gasteiger partial charge in [-0.2, -0.15) is 14.1 Å². The molecule has 1 saturated heterocycles. The number of ether oxygens (including phenoxy) is 1. The third-order valence-electron chi connectivity index (χ3n) is 6.34. The number of amides is 1. The number of ketones is 1. The van der Waals surface area contributed by atoms with Crippen molar-refractivity contribution in [2.24, 2.45) is 0 Å². The molecule has 0 N–H and O–H groups in total. The third-order valence-corrected chi connectivity index (χ3v) is 8.44. The summed E-state index contributed by atoms with van der Waals surface area (Å²) < 4.78 is 74.0. The van der Waals surface area contributed by atoms with Gasteiger partial charge in [0, 0.05) is 12.6 Å². The van der Waals surface area contributed by atoms with Crippen LogP contribution in [0.1, 0.15) is 34.5 Å². The van der Waals surface area contributed by atoms with Crippen LogP contribution in [-0.2, 0) is 21.5 Å². The lowest BCUT2D eigenvalue weighted by Gasteiger charge is -2.25. The number of rotatable bonds is 7. The minimum atomic E-state index is -4.15. The summed E-state index contributed by atoms with van der Waals surface area (Å²) in [6, 6.07) is 4.80. The van der Waals surface area contributed by atoms with E-state index in [0.717, 1.165) is 28.1 Å². The highest BCUT2D eigenvalue weighted by Gasteiger charge is 2.43. The van der Waals surface area contributed by atoms with Crippen molar-refractivity contribution in [2.45, 2.75) is 37.4 Å². The Labute approximate surface area is 209 Å². The second-order valence-corrected chi connectivity index (χ2v) is 10.4. The van der Waals surface area contributed by atoms with Crippen LogP contribution in [0.25, 0.3) is 0 Å². The van der Waals surface area contributed by atoms with E-state index < -0.39 is 46.1 Å². The van der Waals surface area contributed by atoms with Crippen LogP contribution in [0.15, 0.2) is 41.4 Å². The zero-order valence-electron chi connectivity index (χ0n) is 19.4. The number of hydrogen-bond acceptors (Lipinski definition) is 7. The number of halogens is 3. The van der Waals surface area contributed by atoms with Gasteiger partial charge in [0.25, 0.3) is 5.78 Å². The van der Waals surface area contributed by atoms with Crippen LogP contribution in [0.2, 0.25) is 0 Å². The Hall–Kier alpha value is -3.78. The smallest absolute Gasteiger partial charge is 0.319 e. The summed E-state index contributed by atoms with van der Waals surface area (Å²) in [6.07, 6.45) is 2.12. The molecule has 2 aromatic carbocycles. The van der Waals surface area contributed by atoms with Gasteiger partial charge in [-0.3, -0.25) is 9.59 Å². The summed E-state index contributed by atoms with van der Waals surface area (Å²) >= 11 is 0. The van der Waals surface area contributed by atoms with Crippen LogP contribution in [0.4, 0.5) is 18.9 Å². The number of carbonyl (C=O) groups excluding carboxylic acids is 2. The lowest BCUT2D eigenvalue weighted by atomic mass is 10.1. The fraction of sp³-hybridized carbons (Fsp3) is 0.304. The van der Waals surface area contributed by atoms with Crippen LogP contribution < -0.4 is 9.75 Å². The summed E-state index contributed by atoms with van der Waals surface area (Å²) in [5, 5.41) is 8.15. The number of carbonyl (C=O) groups is 2. The van der Waals surface area contributed by atoms with Gasteiger partial charge in [-0.15, -0.1) is 5.10 Å². The monoisotopic (exact) mass is 535 g/mol. The Balaban J connectivity index is 1.44. The van der Waals surface area contributed by atoms with E-state index in [-0.39, 0.29) is 46.3 Å². The molecule has 1 atom stereocenters. The number of nitrogens with zero attached hydrogens (tertiary/aromatic N) is 5. The molecule has 14 heteroatoms. The molecule has 1 amide bonds. The Bertz CT molecular complexity index is 1530. The van der Waals surface area contributed by atoms with E-state index in [0.29, 0.717) is 18.9 Å². The summed E-state index contributed by atoms with van der Waals surface area (Å²) in [6.45, 7) is 0.501. The first-order valence-electron chi connectivity index (χ1n) is 11.2. The molecule has 0 saturated carbocycles. The first-order chi connectivity index (χ1) is 17.6. The number of anilines is 1. The van der Waals surface area contributed by atoms with Crippen molar-refractivity contribution in [3.63, 3.8) is 0 Å². The first kappa shape index (κ1) is 24.9. The Morgan fingerprint density at radius 3 is 2.65 bits per heavy atom. The molecule has 10 nitrogen and oxygen atoms in total. The second kappa shape index (κ2) is 9.27. The van der Waals surface area contributed by atoms with Crippen molar-refractivity contribution in [3.05, 3.63) is 65.0 Å². The molecule has 1 fully saturated rings. The predicted octanol–water partition coefficient (Wildman–Crippen LogP) is 2.56. The SMILES string of the molecule is Cc1c(S(=O)(=O)N2CCC[C@H]2COc2ccc(F)cc2F)ccc2c1C(=O)C(=O)N2n1cc(CF)nn1. The highest BCUT2D eigenvalue weighted by Crippen LogP contribution is 2.37. The van der Waals surface area contributed by atoms with E-state index in [4.69, 9.17) is 4.74 Å². The van der Waals surface area contributed by atoms with E-state index in [9.17, 15) is 31.2 Å². The normalized spacial score (nSPS) is 18.1. The molecule has 0 unspecified atom stereocenters. The summed E-state index contributed by atoms with van der Waals surface area (Å²) in [7, 11) is -4.15. The Morgan fingerprint density at radius 1 is 1.16 bits per heavy atom. The topological polar surface area (TPSA) is 115 Å². The number of hydrogen-bond donors (Lipinski definition) is 0.